The van der Waals surface area contributed by atoms with Crippen LogP contribution in [-0.2, 0) is 20.4 Å². The highest BCUT2D eigenvalue weighted by Gasteiger charge is 2.32. The molecule has 28 heavy (non-hydrogen) atoms. The third-order valence-electron chi connectivity index (χ3n) is 3.51. The molecule has 1 aliphatic heterocycles. The second-order valence-corrected chi connectivity index (χ2v) is 5.30. The number of rotatable bonds is 5. The van der Waals surface area contributed by atoms with Crippen molar-refractivity contribution < 1.29 is 27.4 Å². The van der Waals surface area contributed by atoms with Gasteiger partial charge in [-0.3, -0.25) is 5.41 Å². The molecular formula is C18H25F3N4O3. The number of esters is 1. The lowest BCUT2D eigenvalue weighted by Crippen LogP contribution is -2.42. The predicted molar refractivity (Wildman–Crippen MR) is 99.0 cm³/mol. The van der Waals surface area contributed by atoms with Crippen LogP contribution in [-0.4, -0.2) is 54.6 Å². The van der Waals surface area contributed by atoms with Crippen molar-refractivity contribution in [1.82, 2.24) is 9.88 Å². The van der Waals surface area contributed by atoms with Gasteiger partial charge in [0, 0.05) is 19.3 Å². The van der Waals surface area contributed by atoms with Crippen LogP contribution >= 0.6 is 0 Å². The summed E-state index contributed by atoms with van der Waals surface area (Å²) < 4.78 is 47.8. The molecule has 10 heteroatoms. The van der Waals surface area contributed by atoms with Crippen molar-refractivity contribution in [3.05, 3.63) is 35.8 Å². The number of amidine groups is 1. The number of morpholine rings is 1. The van der Waals surface area contributed by atoms with Crippen LogP contribution in [0, 0.1) is 5.41 Å². The Hall–Kier alpha value is -2.62. The monoisotopic (exact) mass is 402 g/mol. The van der Waals surface area contributed by atoms with Crippen LogP contribution in [0.3, 0.4) is 0 Å². The zero-order valence-corrected chi connectivity index (χ0v) is 16.1. The Morgan fingerprint density at radius 3 is 2.50 bits per heavy atom. The first-order chi connectivity index (χ1) is 13.3. The van der Waals surface area contributed by atoms with Gasteiger partial charge in [0.2, 0.25) is 0 Å². The molecule has 1 fully saturated rings. The molecule has 0 unspecified atom stereocenters. The lowest BCUT2D eigenvalue weighted by molar-refractivity contribution is -0.141. The topological polar surface area (TPSA) is 87.5 Å². The third-order valence-corrected chi connectivity index (χ3v) is 3.51. The summed E-state index contributed by atoms with van der Waals surface area (Å²) in [7, 11) is 0. The number of carbonyl (C=O) groups is 1. The summed E-state index contributed by atoms with van der Waals surface area (Å²) in [5.41, 5.74) is -0.804. The minimum atomic E-state index is -4.52. The Morgan fingerprint density at radius 1 is 1.36 bits per heavy atom. The standard InChI is InChI=1S/C16H19F3N4O3.C2H6/c1-2-26-15(24)12(14(20)23-5-7-25-8-6-23)10-21-11-3-4-13(22-9-11)16(17,18)19;1-2/h3-4,9-10,20-21H,2,5-8H2,1H3;1-2H3/b12-10+,20-14?;. The quantitative estimate of drug-likeness (QED) is 0.340. The first-order valence-electron chi connectivity index (χ1n) is 8.91. The summed E-state index contributed by atoms with van der Waals surface area (Å²) >= 11 is 0. The summed E-state index contributed by atoms with van der Waals surface area (Å²) in [4.78, 5) is 17.1. The molecule has 1 aromatic rings. The second kappa shape index (κ2) is 11.3. The van der Waals surface area contributed by atoms with Gasteiger partial charge in [-0.2, -0.15) is 13.2 Å². The van der Waals surface area contributed by atoms with Crippen molar-refractivity contribution in [2.75, 3.05) is 38.2 Å². The van der Waals surface area contributed by atoms with Gasteiger partial charge < -0.3 is 19.7 Å². The second-order valence-electron chi connectivity index (χ2n) is 5.30. The fraction of sp³-hybridized carbons (Fsp3) is 0.500. The summed E-state index contributed by atoms with van der Waals surface area (Å²) in [6.45, 7) is 7.56. The minimum Gasteiger partial charge on any atom is -0.462 e. The molecule has 0 bridgehead atoms. The molecule has 1 aromatic heterocycles. The van der Waals surface area contributed by atoms with E-state index in [1.54, 1.807) is 11.8 Å². The van der Waals surface area contributed by atoms with E-state index < -0.39 is 17.8 Å². The smallest absolute Gasteiger partial charge is 0.433 e. The summed E-state index contributed by atoms with van der Waals surface area (Å²) in [5, 5.41) is 10.9. The summed E-state index contributed by atoms with van der Waals surface area (Å²) in [5.74, 6) is -0.740. The first kappa shape index (κ1) is 23.4. The number of alkyl halides is 3. The fourth-order valence-corrected chi connectivity index (χ4v) is 2.19. The van der Waals surface area contributed by atoms with Crippen LogP contribution in [0.4, 0.5) is 18.9 Å². The minimum absolute atomic E-state index is 0.0337. The van der Waals surface area contributed by atoms with Crippen molar-refractivity contribution in [2.45, 2.75) is 26.9 Å². The van der Waals surface area contributed by atoms with Crippen molar-refractivity contribution in [3.8, 4) is 0 Å². The molecule has 0 amide bonds. The Bertz CT molecular complexity index is 670. The molecule has 0 saturated carbocycles. The van der Waals surface area contributed by atoms with E-state index >= 15 is 0 Å². The van der Waals surface area contributed by atoms with E-state index in [-0.39, 0.29) is 23.7 Å². The Kier molecular flexibility index (Phi) is 9.43. The fourth-order valence-electron chi connectivity index (χ4n) is 2.19. The molecule has 2 N–H and O–H groups in total. The number of hydrogen-bond acceptors (Lipinski definition) is 6. The molecule has 2 heterocycles. The maximum Gasteiger partial charge on any atom is 0.433 e. The predicted octanol–water partition coefficient (Wildman–Crippen LogP) is 3.29. The van der Waals surface area contributed by atoms with Crippen molar-refractivity contribution >= 4 is 17.5 Å². The van der Waals surface area contributed by atoms with Gasteiger partial charge >= 0.3 is 12.1 Å². The molecule has 0 atom stereocenters. The average molecular weight is 402 g/mol. The van der Waals surface area contributed by atoms with E-state index in [0.717, 1.165) is 12.3 Å². The molecule has 1 aliphatic rings. The van der Waals surface area contributed by atoms with Crippen LogP contribution < -0.4 is 5.32 Å². The van der Waals surface area contributed by atoms with Crippen LogP contribution in [0.15, 0.2) is 30.1 Å². The molecule has 0 spiro atoms. The van der Waals surface area contributed by atoms with Gasteiger partial charge in [-0.25, -0.2) is 9.78 Å². The highest BCUT2D eigenvalue weighted by atomic mass is 19.4. The van der Waals surface area contributed by atoms with Gasteiger partial charge in [0.1, 0.15) is 17.1 Å². The van der Waals surface area contributed by atoms with Gasteiger partial charge in [-0.1, -0.05) is 13.8 Å². The van der Waals surface area contributed by atoms with Gasteiger partial charge in [-0.05, 0) is 19.1 Å². The largest absolute Gasteiger partial charge is 0.462 e. The zero-order chi connectivity index (χ0) is 21.2. The van der Waals surface area contributed by atoms with Crippen LogP contribution in [0.25, 0.3) is 0 Å². The number of aromatic nitrogens is 1. The number of carbonyl (C=O) groups excluding carboxylic acids is 1. The molecule has 0 aliphatic carbocycles. The van der Waals surface area contributed by atoms with Crippen LogP contribution in [0.5, 0.6) is 0 Å². The number of nitrogens with zero attached hydrogens (tertiary/aromatic N) is 2. The normalized spacial score (nSPS) is 14.6. The van der Waals surface area contributed by atoms with E-state index in [4.69, 9.17) is 14.9 Å². The van der Waals surface area contributed by atoms with Crippen molar-refractivity contribution in [3.63, 3.8) is 0 Å². The Balaban J connectivity index is 0.00000190. The van der Waals surface area contributed by atoms with Crippen molar-refractivity contribution in [1.29, 1.82) is 5.41 Å². The highest BCUT2D eigenvalue weighted by molar-refractivity contribution is 6.17. The average Bonchev–Trinajstić information content (AvgIpc) is 2.70. The summed E-state index contributed by atoms with van der Waals surface area (Å²) in [6, 6.07) is 2.01. The van der Waals surface area contributed by atoms with E-state index in [1.807, 2.05) is 13.8 Å². The van der Waals surface area contributed by atoms with Gasteiger partial charge in [-0.15, -0.1) is 0 Å². The Labute approximate surface area is 162 Å². The molecule has 7 nitrogen and oxygen atoms in total. The van der Waals surface area contributed by atoms with Gasteiger partial charge in [0.15, 0.2) is 0 Å². The molecule has 1 saturated heterocycles. The maximum atomic E-state index is 12.5. The van der Waals surface area contributed by atoms with Crippen LogP contribution in [0.2, 0.25) is 0 Å². The molecule has 0 radical (unpaired) electrons. The zero-order valence-electron chi connectivity index (χ0n) is 16.1. The lowest BCUT2D eigenvalue weighted by Gasteiger charge is -2.29. The SMILES string of the molecule is CC.CCOC(=O)/C(=C/Nc1ccc(C(F)(F)F)nc1)C(=N)N1CCOCC1. The van der Waals surface area contributed by atoms with Crippen LogP contribution in [0.1, 0.15) is 26.5 Å². The van der Waals surface area contributed by atoms with Crippen molar-refractivity contribution in [2.24, 2.45) is 0 Å². The number of pyridine rings is 1. The third kappa shape index (κ3) is 6.84. The van der Waals surface area contributed by atoms with E-state index in [9.17, 15) is 18.0 Å². The van der Waals surface area contributed by atoms with Gasteiger partial charge in [0.25, 0.3) is 0 Å². The lowest BCUT2D eigenvalue weighted by atomic mass is 10.2. The Morgan fingerprint density at radius 2 is 2.00 bits per heavy atom. The molecular weight excluding hydrogens is 377 g/mol. The summed E-state index contributed by atoms with van der Waals surface area (Å²) in [6.07, 6.45) is -2.29. The van der Waals surface area contributed by atoms with E-state index in [0.29, 0.717) is 26.3 Å². The number of anilines is 1. The van der Waals surface area contributed by atoms with Gasteiger partial charge in [0.05, 0.1) is 31.7 Å². The molecule has 2 rings (SSSR count). The number of halogens is 3. The van der Waals surface area contributed by atoms with E-state index in [1.165, 1.54) is 12.3 Å². The molecule has 0 aromatic carbocycles. The maximum absolute atomic E-state index is 12.5. The first-order valence-corrected chi connectivity index (χ1v) is 8.91. The number of nitrogens with one attached hydrogen (secondary N) is 2. The number of hydrogen-bond donors (Lipinski definition) is 2. The molecule has 156 valence electrons. The van der Waals surface area contributed by atoms with E-state index in [2.05, 4.69) is 10.3 Å². The highest BCUT2D eigenvalue weighted by Crippen LogP contribution is 2.27. The number of ether oxygens (including phenoxy) is 2.